The summed E-state index contributed by atoms with van der Waals surface area (Å²) in [5.74, 6) is 1.21. The highest BCUT2D eigenvalue weighted by Crippen LogP contribution is 2.34. The summed E-state index contributed by atoms with van der Waals surface area (Å²) in [6, 6.07) is 11.0. The number of hydrogen-bond acceptors (Lipinski definition) is 6. The fraction of sp³-hybridized carbons (Fsp3) is 0.200. The third-order valence-electron chi connectivity index (χ3n) is 5.55. The van der Waals surface area contributed by atoms with Gasteiger partial charge in [0.25, 0.3) is 0 Å². The number of urea groups is 1. The average Bonchev–Trinajstić information content (AvgIpc) is 3.17. The standard InChI is InChI=1S/C25H24F3N7O2/c1-15-16(2)35(14-31-15)13-17-4-5-19(12-21(17)25(26,27)28)33-24(36)32-18-6-8-20(9-7-18)37-22-10-11-30-23(29-3)34-22/h4-12,14H,13H2,1-3H3,(H,29,30,34)(H2,32,33,36). The maximum absolute atomic E-state index is 13.8. The fourth-order valence-corrected chi connectivity index (χ4v) is 3.48. The molecule has 0 radical (unpaired) electrons. The molecule has 2 aromatic carbocycles. The number of anilines is 3. The van der Waals surface area contributed by atoms with Gasteiger partial charge in [0.15, 0.2) is 0 Å². The van der Waals surface area contributed by atoms with Crippen molar-refractivity contribution >= 4 is 23.4 Å². The number of hydrogen-bond donors (Lipinski definition) is 3. The molecule has 2 amide bonds. The minimum atomic E-state index is -4.60. The van der Waals surface area contributed by atoms with Crippen LogP contribution in [0.5, 0.6) is 11.6 Å². The van der Waals surface area contributed by atoms with Crippen LogP contribution in [0.3, 0.4) is 0 Å². The summed E-state index contributed by atoms with van der Waals surface area (Å²) in [5, 5.41) is 7.85. The molecular weight excluding hydrogens is 487 g/mol. The van der Waals surface area contributed by atoms with Crippen LogP contribution in [0, 0.1) is 13.8 Å². The van der Waals surface area contributed by atoms with Crippen molar-refractivity contribution in [1.29, 1.82) is 0 Å². The number of imidazole rings is 1. The van der Waals surface area contributed by atoms with Crippen LogP contribution >= 0.6 is 0 Å². The van der Waals surface area contributed by atoms with E-state index in [0.29, 0.717) is 23.3 Å². The van der Waals surface area contributed by atoms with Crippen molar-refractivity contribution in [3.8, 4) is 11.6 Å². The van der Waals surface area contributed by atoms with Gasteiger partial charge in [-0.2, -0.15) is 18.2 Å². The van der Waals surface area contributed by atoms with E-state index in [0.717, 1.165) is 17.5 Å². The molecule has 0 aliphatic carbocycles. The number of halogens is 3. The topological polar surface area (TPSA) is 106 Å². The van der Waals surface area contributed by atoms with Crippen LogP contribution in [0.25, 0.3) is 0 Å². The third kappa shape index (κ3) is 6.34. The Bertz CT molecular complexity index is 1400. The van der Waals surface area contributed by atoms with E-state index in [2.05, 4.69) is 30.9 Å². The van der Waals surface area contributed by atoms with Crippen LogP contribution < -0.4 is 20.7 Å². The van der Waals surface area contributed by atoms with E-state index in [-0.39, 0.29) is 17.8 Å². The number of carbonyl (C=O) groups is 1. The molecule has 2 heterocycles. The molecule has 37 heavy (non-hydrogen) atoms. The molecule has 0 bridgehead atoms. The summed E-state index contributed by atoms with van der Waals surface area (Å²) >= 11 is 0. The minimum absolute atomic E-state index is 0.00763. The van der Waals surface area contributed by atoms with E-state index in [1.807, 2.05) is 0 Å². The molecule has 3 N–H and O–H groups in total. The summed E-state index contributed by atoms with van der Waals surface area (Å²) in [5.41, 5.74) is 1.20. The predicted molar refractivity (Wildman–Crippen MR) is 133 cm³/mol. The second-order valence-electron chi connectivity index (χ2n) is 8.09. The molecule has 192 valence electrons. The lowest BCUT2D eigenvalue weighted by Crippen LogP contribution is -2.20. The Morgan fingerprint density at radius 3 is 2.35 bits per heavy atom. The maximum Gasteiger partial charge on any atom is 0.416 e. The van der Waals surface area contributed by atoms with Gasteiger partial charge in [0.2, 0.25) is 11.8 Å². The number of benzene rings is 2. The molecule has 0 fully saturated rings. The number of carbonyl (C=O) groups excluding carboxylic acids is 1. The fourth-order valence-electron chi connectivity index (χ4n) is 3.48. The first-order chi connectivity index (χ1) is 17.6. The number of aryl methyl sites for hydroxylation is 1. The largest absolute Gasteiger partial charge is 0.439 e. The number of aromatic nitrogens is 4. The minimum Gasteiger partial charge on any atom is -0.439 e. The Balaban J connectivity index is 1.42. The zero-order chi connectivity index (χ0) is 26.6. The van der Waals surface area contributed by atoms with E-state index in [1.165, 1.54) is 18.5 Å². The quantitative estimate of drug-likeness (QED) is 0.288. The molecule has 0 saturated carbocycles. The molecule has 0 atom stereocenters. The number of nitrogens with one attached hydrogen (secondary N) is 3. The normalized spacial score (nSPS) is 11.2. The molecule has 0 saturated heterocycles. The lowest BCUT2D eigenvalue weighted by molar-refractivity contribution is -0.138. The zero-order valence-corrected chi connectivity index (χ0v) is 20.2. The van der Waals surface area contributed by atoms with E-state index in [9.17, 15) is 18.0 Å². The summed E-state index contributed by atoms with van der Waals surface area (Å²) in [6.07, 6.45) is -1.54. The van der Waals surface area contributed by atoms with Crippen LogP contribution in [0.15, 0.2) is 61.1 Å². The number of amides is 2. The van der Waals surface area contributed by atoms with Gasteiger partial charge in [0.1, 0.15) is 5.75 Å². The Kier molecular flexibility index (Phi) is 7.27. The van der Waals surface area contributed by atoms with Gasteiger partial charge in [0.05, 0.1) is 17.6 Å². The van der Waals surface area contributed by atoms with Gasteiger partial charge >= 0.3 is 12.2 Å². The van der Waals surface area contributed by atoms with Gasteiger partial charge in [0, 0.05) is 42.9 Å². The van der Waals surface area contributed by atoms with Crippen molar-refractivity contribution in [2.24, 2.45) is 0 Å². The zero-order valence-electron chi connectivity index (χ0n) is 20.2. The Hall–Kier alpha value is -4.61. The SMILES string of the molecule is CNc1nccc(Oc2ccc(NC(=O)Nc3ccc(Cn4cnc(C)c4C)c(C(F)(F)F)c3)cc2)n1. The van der Waals surface area contributed by atoms with E-state index >= 15 is 0 Å². The predicted octanol–water partition coefficient (Wildman–Crippen LogP) is 5.84. The Morgan fingerprint density at radius 1 is 1.00 bits per heavy atom. The van der Waals surface area contributed by atoms with Crippen LogP contribution in [-0.2, 0) is 12.7 Å². The molecular formula is C25H24F3N7O2. The van der Waals surface area contributed by atoms with Gasteiger partial charge in [-0.05, 0) is 55.8 Å². The molecule has 9 nitrogen and oxygen atoms in total. The molecule has 12 heteroatoms. The Morgan fingerprint density at radius 2 is 1.70 bits per heavy atom. The summed E-state index contributed by atoms with van der Waals surface area (Å²) in [7, 11) is 1.69. The van der Waals surface area contributed by atoms with E-state index in [4.69, 9.17) is 4.74 Å². The monoisotopic (exact) mass is 511 g/mol. The lowest BCUT2D eigenvalue weighted by Gasteiger charge is -2.16. The molecule has 2 aromatic heterocycles. The number of rotatable bonds is 7. The van der Waals surface area contributed by atoms with Crippen molar-refractivity contribution in [1.82, 2.24) is 19.5 Å². The van der Waals surface area contributed by atoms with Crippen LogP contribution in [0.1, 0.15) is 22.5 Å². The molecule has 4 rings (SSSR count). The van der Waals surface area contributed by atoms with Gasteiger partial charge in [-0.3, -0.25) is 0 Å². The lowest BCUT2D eigenvalue weighted by atomic mass is 10.1. The van der Waals surface area contributed by atoms with Crippen LogP contribution in [0.2, 0.25) is 0 Å². The molecule has 4 aromatic rings. The van der Waals surface area contributed by atoms with E-state index < -0.39 is 17.8 Å². The summed E-state index contributed by atoms with van der Waals surface area (Å²) in [6.45, 7) is 3.60. The number of alkyl halides is 3. The van der Waals surface area contributed by atoms with Crippen LogP contribution in [0.4, 0.5) is 35.3 Å². The number of ether oxygens (including phenoxy) is 1. The average molecular weight is 512 g/mol. The third-order valence-corrected chi connectivity index (χ3v) is 5.55. The van der Waals surface area contributed by atoms with Crippen LogP contribution in [-0.4, -0.2) is 32.6 Å². The number of nitrogens with zero attached hydrogens (tertiary/aromatic N) is 4. The highest BCUT2D eigenvalue weighted by Gasteiger charge is 2.34. The van der Waals surface area contributed by atoms with Gasteiger partial charge < -0.3 is 25.3 Å². The first-order valence-electron chi connectivity index (χ1n) is 11.2. The summed E-state index contributed by atoms with van der Waals surface area (Å²) in [4.78, 5) is 24.7. The first-order valence-corrected chi connectivity index (χ1v) is 11.2. The Labute approximate surface area is 210 Å². The second-order valence-corrected chi connectivity index (χ2v) is 8.09. The maximum atomic E-state index is 13.8. The molecule has 0 unspecified atom stereocenters. The highest BCUT2D eigenvalue weighted by molar-refractivity contribution is 5.99. The molecule has 0 aliphatic rings. The molecule has 0 aliphatic heterocycles. The van der Waals surface area contributed by atoms with Gasteiger partial charge in [-0.1, -0.05) is 6.07 Å². The van der Waals surface area contributed by atoms with Crippen molar-refractivity contribution < 1.29 is 22.7 Å². The smallest absolute Gasteiger partial charge is 0.416 e. The first kappa shape index (κ1) is 25.5. The van der Waals surface area contributed by atoms with Crippen molar-refractivity contribution in [2.45, 2.75) is 26.6 Å². The van der Waals surface area contributed by atoms with Crippen molar-refractivity contribution in [2.75, 3.05) is 23.0 Å². The van der Waals surface area contributed by atoms with Gasteiger partial charge in [-0.25, -0.2) is 14.8 Å². The molecule has 0 spiro atoms. The van der Waals surface area contributed by atoms with Gasteiger partial charge in [-0.15, -0.1) is 0 Å². The summed E-state index contributed by atoms with van der Waals surface area (Å²) < 4.78 is 48.6. The highest BCUT2D eigenvalue weighted by atomic mass is 19.4. The van der Waals surface area contributed by atoms with Crippen molar-refractivity contribution in [3.05, 3.63) is 83.6 Å². The second kappa shape index (κ2) is 10.6. The van der Waals surface area contributed by atoms with E-state index in [1.54, 1.807) is 62.0 Å². The van der Waals surface area contributed by atoms with Crippen molar-refractivity contribution in [3.63, 3.8) is 0 Å².